The topological polar surface area (TPSA) is 41.6 Å². The lowest BCUT2D eigenvalue weighted by atomic mass is 9.99. The van der Waals surface area contributed by atoms with Gasteiger partial charge in [-0.3, -0.25) is 0 Å². The molecule has 0 unspecified atom stereocenters. The summed E-state index contributed by atoms with van der Waals surface area (Å²) < 4.78 is 1.03. The van der Waals surface area contributed by atoms with Crippen molar-refractivity contribution in [2.45, 2.75) is 0 Å². The number of hydrogen-bond acceptors (Lipinski definition) is 2. The molecule has 4 heteroatoms. The van der Waals surface area contributed by atoms with Crippen molar-refractivity contribution in [3.8, 4) is 22.4 Å². The molecule has 0 aliphatic heterocycles. The van der Waals surface area contributed by atoms with Crippen molar-refractivity contribution >= 4 is 26.8 Å². The highest BCUT2D eigenvalue weighted by Crippen LogP contribution is 2.33. The molecule has 0 spiro atoms. The third kappa shape index (κ3) is 2.31. The van der Waals surface area contributed by atoms with Crippen LogP contribution in [-0.4, -0.2) is 15.0 Å². The zero-order valence-electron chi connectivity index (χ0n) is 11.6. The lowest BCUT2D eigenvalue weighted by Crippen LogP contribution is -1.86. The smallest absolute Gasteiger partial charge is 0.116 e. The minimum Gasteiger partial charge on any atom is -0.361 e. The summed E-state index contributed by atoms with van der Waals surface area (Å²) in [7, 11) is 0. The summed E-state index contributed by atoms with van der Waals surface area (Å²) >= 11 is 3.61. The number of aromatic nitrogens is 3. The maximum absolute atomic E-state index is 4.34. The molecule has 2 aromatic carbocycles. The second-order valence-corrected chi connectivity index (χ2v) is 5.98. The van der Waals surface area contributed by atoms with Gasteiger partial charge in [-0.05, 0) is 47.5 Å². The number of nitrogens with one attached hydrogen (secondary N) is 1. The predicted molar refractivity (Wildman–Crippen MR) is 92.5 cm³/mol. The van der Waals surface area contributed by atoms with Crippen molar-refractivity contribution in [1.29, 1.82) is 0 Å². The first kappa shape index (κ1) is 13.2. The number of H-pyrrole nitrogens is 1. The van der Waals surface area contributed by atoms with Crippen molar-refractivity contribution < 1.29 is 0 Å². The van der Waals surface area contributed by atoms with Crippen molar-refractivity contribution in [3.05, 3.63) is 71.7 Å². The maximum atomic E-state index is 4.34. The molecule has 106 valence electrons. The minimum absolute atomic E-state index is 0.916. The first-order valence-corrected chi connectivity index (χ1v) is 7.74. The Balaban J connectivity index is 1.93. The molecule has 0 saturated heterocycles. The average Bonchev–Trinajstić information content (AvgIpc) is 3.03. The van der Waals surface area contributed by atoms with Gasteiger partial charge < -0.3 is 4.98 Å². The van der Waals surface area contributed by atoms with Crippen LogP contribution in [0.2, 0.25) is 0 Å². The molecule has 0 atom stereocenters. The van der Waals surface area contributed by atoms with Crippen LogP contribution in [0.1, 0.15) is 0 Å². The predicted octanol–water partition coefficient (Wildman–Crippen LogP) is 5.05. The van der Waals surface area contributed by atoms with E-state index in [9.17, 15) is 0 Å². The summed E-state index contributed by atoms with van der Waals surface area (Å²) in [5.41, 5.74) is 5.49. The summed E-state index contributed by atoms with van der Waals surface area (Å²) in [5.74, 6) is 0. The molecular weight excluding hydrogens is 338 g/mol. The number of nitrogens with zero attached hydrogens (tertiary/aromatic N) is 2. The largest absolute Gasteiger partial charge is 0.361 e. The maximum Gasteiger partial charge on any atom is 0.116 e. The SMILES string of the molecule is Brc1cc(-c2ccncn2)cc(-c2cccc3[nH]ccc23)c1. The van der Waals surface area contributed by atoms with E-state index in [0.717, 1.165) is 26.8 Å². The van der Waals surface area contributed by atoms with Gasteiger partial charge in [0.2, 0.25) is 0 Å². The van der Waals surface area contributed by atoms with E-state index in [0.29, 0.717) is 0 Å². The number of rotatable bonds is 2. The van der Waals surface area contributed by atoms with Crippen molar-refractivity contribution in [1.82, 2.24) is 15.0 Å². The van der Waals surface area contributed by atoms with Crippen LogP contribution in [0, 0.1) is 0 Å². The third-order valence-corrected chi connectivity index (χ3v) is 4.14. The Morgan fingerprint density at radius 3 is 2.73 bits per heavy atom. The third-order valence-electron chi connectivity index (χ3n) is 3.68. The highest BCUT2D eigenvalue weighted by molar-refractivity contribution is 9.10. The van der Waals surface area contributed by atoms with Gasteiger partial charge in [0.25, 0.3) is 0 Å². The van der Waals surface area contributed by atoms with E-state index < -0.39 is 0 Å². The number of fused-ring (bicyclic) bond motifs is 1. The Hall–Kier alpha value is -2.46. The van der Waals surface area contributed by atoms with Crippen LogP contribution in [0.25, 0.3) is 33.3 Å². The van der Waals surface area contributed by atoms with Gasteiger partial charge >= 0.3 is 0 Å². The van der Waals surface area contributed by atoms with Gasteiger partial charge in [0.1, 0.15) is 6.33 Å². The molecule has 1 N–H and O–H groups in total. The quantitative estimate of drug-likeness (QED) is 0.549. The first-order chi connectivity index (χ1) is 10.8. The van der Waals surface area contributed by atoms with Crippen LogP contribution >= 0.6 is 15.9 Å². The van der Waals surface area contributed by atoms with Gasteiger partial charge in [0, 0.05) is 33.3 Å². The second-order valence-electron chi connectivity index (χ2n) is 5.07. The zero-order chi connectivity index (χ0) is 14.9. The molecule has 4 aromatic rings. The normalized spacial score (nSPS) is 11.0. The molecule has 0 aliphatic rings. The molecule has 4 rings (SSSR count). The molecule has 22 heavy (non-hydrogen) atoms. The van der Waals surface area contributed by atoms with E-state index in [1.165, 1.54) is 10.9 Å². The molecule has 0 bridgehead atoms. The van der Waals surface area contributed by atoms with Crippen LogP contribution in [0.4, 0.5) is 0 Å². The van der Waals surface area contributed by atoms with E-state index in [1.807, 2.05) is 12.3 Å². The molecule has 2 heterocycles. The van der Waals surface area contributed by atoms with Gasteiger partial charge in [0.15, 0.2) is 0 Å². The van der Waals surface area contributed by atoms with Crippen LogP contribution in [0.3, 0.4) is 0 Å². The highest BCUT2D eigenvalue weighted by atomic mass is 79.9. The van der Waals surface area contributed by atoms with Crippen molar-refractivity contribution in [2.75, 3.05) is 0 Å². The molecule has 0 saturated carbocycles. The monoisotopic (exact) mass is 349 g/mol. The van der Waals surface area contributed by atoms with E-state index in [2.05, 4.69) is 73.3 Å². The van der Waals surface area contributed by atoms with E-state index in [1.54, 1.807) is 12.5 Å². The van der Waals surface area contributed by atoms with Gasteiger partial charge in [-0.1, -0.05) is 28.1 Å². The Kier molecular flexibility index (Phi) is 3.24. The summed E-state index contributed by atoms with van der Waals surface area (Å²) in [6, 6.07) is 16.7. The summed E-state index contributed by atoms with van der Waals surface area (Å²) in [5, 5.41) is 1.22. The molecule has 3 nitrogen and oxygen atoms in total. The van der Waals surface area contributed by atoms with Crippen LogP contribution in [-0.2, 0) is 0 Å². The van der Waals surface area contributed by atoms with Gasteiger partial charge in [-0.15, -0.1) is 0 Å². The lowest BCUT2D eigenvalue weighted by Gasteiger charge is -2.08. The Labute approximate surface area is 136 Å². The van der Waals surface area contributed by atoms with Crippen LogP contribution < -0.4 is 0 Å². The number of halogens is 1. The fourth-order valence-electron chi connectivity index (χ4n) is 2.69. The Morgan fingerprint density at radius 2 is 1.86 bits per heavy atom. The molecule has 0 aliphatic carbocycles. The first-order valence-electron chi connectivity index (χ1n) is 6.95. The van der Waals surface area contributed by atoms with Gasteiger partial charge in [-0.25, -0.2) is 9.97 Å². The average molecular weight is 350 g/mol. The van der Waals surface area contributed by atoms with E-state index in [-0.39, 0.29) is 0 Å². The zero-order valence-corrected chi connectivity index (χ0v) is 13.2. The Bertz CT molecular complexity index is 945. The molecule has 0 amide bonds. The van der Waals surface area contributed by atoms with Crippen molar-refractivity contribution in [2.24, 2.45) is 0 Å². The van der Waals surface area contributed by atoms with E-state index >= 15 is 0 Å². The highest BCUT2D eigenvalue weighted by Gasteiger charge is 2.08. The van der Waals surface area contributed by atoms with Gasteiger partial charge in [-0.2, -0.15) is 0 Å². The van der Waals surface area contributed by atoms with Crippen LogP contribution in [0.15, 0.2) is 71.7 Å². The molecule has 2 aromatic heterocycles. The second kappa shape index (κ2) is 5.39. The van der Waals surface area contributed by atoms with Gasteiger partial charge in [0.05, 0.1) is 5.69 Å². The number of benzene rings is 2. The fourth-order valence-corrected chi connectivity index (χ4v) is 3.18. The fraction of sp³-hybridized carbons (Fsp3) is 0. The lowest BCUT2D eigenvalue weighted by molar-refractivity contribution is 1.17. The van der Waals surface area contributed by atoms with Crippen LogP contribution in [0.5, 0.6) is 0 Å². The summed E-state index contributed by atoms with van der Waals surface area (Å²) in [6.07, 6.45) is 5.30. The summed E-state index contributed by atoms with van der Waals surface area (Å²) in [4.78, 5) is 11.6. The van der Waals surface area contributed by atoms with Crippen molar-refractivity contribution in [3.63, 3.8) is 0 Å². The minimum atomic E-state index is 0.916. The molecular formula is C18H12BrN3. The molecule has 0 fully saturated rings. The summed E-state index contributed by atoms with van der Waals surface area (Å²) in [6.45, 7) is 0. The standard InChI is InChI=1S/C18H12BrN3/c19-14-9-12(8-13(10-14)17-5-6-20-11-22-17)15-2-1-3-18-16(15)4-7-21-18/h1-11,21H. The number of aromatic amines is 1. The molecule has 0 radical (unpaired) electrons. The Morgan fingerprint density at radius 1 is 0.955 bits per heavy atom. The number of hydrogen-bond donors (Lipinski definition) is 1. The van der Waals surface area contributed by atoms with E-state index in [4.69, 9.17) is 0 Å².